The Morgan fingerprint density at radius 3 is 1.47 bits per heavy atom. The highest BCUT2D eigenvalue weighted by atomic mass is 19.3. The fraction of sp³-hybridized carbons (Fsp3) is 0.526. The van der Waals surface area contributed by atoms with Crippen LogP contribution in [0, 0.1) is 0 Å². The van der Waals surface area contributed by atoms with Crippen LogP contribution in [0.3, 0.4) is 0 Å². The van der Waals surface area contributed by atoms with Crippen LogP contribution in [0.2, 0.25) is 0 Å². The average molecular weight is 593 g/mol. The van der Waals surface area contributed by atoms with E-state index >= 15 is 0 Å². The van der Waals surface area contributed by atoms with Gasteiger partial charge in [-0.15, -0.1) is 0 Å². The van der Waals surface area contributed by atoms with Crippen LogP contribution < -0.4 is 14.2 Å². The van der Waals surface area contributed by atoms with Gasteiger partial charge in [0.05, 0.1) is 13.0 Å². The maximum Gasteiger partial charge on any atom is 0.402 e. The summed E-state index contributed by atoms with van der Waals surface area (Å²) >= 11 is 0. The van der Waals surface area contributed by atoms with Crippen molar-refractivity contribution < 1.29 is 23.0 Å². The third-order valence-electron chi connectivity index (χ3n) is 7.97. The molecule has 3 aliphatic heterocycles. The second kappa shape index (κ2) is 11.4. The Morgan fingerprint density at radius 1 is 0.558 bits per heavy atom. The molecular formula is C38H50F2O3. The van der Waals surface area contributed by atoms with Crippen molar-refractivity contribution >= 4 is 0 Å². The SMILES string of the molecule is CC(C)(C)c1cccc2c1OC(F)(F)C2.CC(C)(C)c1cccc2c1OCC2.CC1(C)Cc2cccc(C(C)(C)C)c2O1. The standard InChI is InChI=1S/C14H20O.C12H14F2O.C12H16O/c1-13(2,3)11-8-6-7-10-9-14(4,5)15-12(10)11;1-11(2,3)9-6-4-5-8-7-12(13,14)15-10(8)9;1-12(2,3)10-6-4-5-9-7-8-13-11(9)10/h6-8H,9H2,1-5H3;4-6H,7H2,1-3H3;4-6H,7-8H2,1-3H3. The Hall–Kier alpha value is -3.08. The van der Waals surface area contributed by atoms with Gasteiger partial charge in [-0.1, -0.05) is 117 Å². The molecule has 0 amide bonds. The molecule has 3 heterocycles. The molecule has 0 aliphatic carbocycles. The molecule has 3 nitrogen and oxygen atoms in total. The summed E-state index contributed by atoms with van der Waals surface area (Å²) in [7, 11) is 0. The lowest BCUT2D eigenvalue weighted by atomic mass is 9.85. The van der Waals surface area contributed by atoms with Crippen LogP contribution in [0.1, 0.15) is 110 Å². The maximum atomic E-state index is 13.1. The van der Waals surface area contributed by atoms with Gasteiger partial charge in [0.2, 0.25) is 0 Å². The van der Waals surface area contributed by atoms with Crippen molar-refractivity contribution in [1.82, 2.24) is 0 Å². The summed E-state index contributed by atoms with van der Waals surface area (Å²) in [4.78, 5) is 0. The lowest BCUT2D eigenvalue weighted by molar-refractivity contribution is -0.159. The molecule has 0 saturated heterocycles. The Labute approximate surface area is 258 Å². The molecule has 0 bridgehead atoms. The van der Waals surface area contributed by atoms with E-state index in [1.54, 1.807) is 6.07 Å². The molecule has 0 fully saturated rings. The molecule has 234 valence electrons. The number of hydrogen-bond donors (Lipinski definition) is 0. The van der Waals surface area contributed by atoms with Crippen molar-refractivity contribution in [3.05, 3.63) is 88.0 Å². The summed E-state index contributed by atoms with van der Waals surface area (Å²) in [6.07, 6.45) is -1.26. The number of benzene rings is 3. The first kappa shape index (κ1) is 32.8. The Morgan fingerprint density at radius 2 is 0.977 bits per heavy atom. The van der Waals surface area contributed by atoms with E-state index in [0.29, 0.717) is 11.3 Å². The fourth-order valence-electron chi connectivity index (χ4n) is 5.85. The number of fused-ring (bicyclic) bond motifs is 3. The summed E-state index contributed by atoms with van der Waals surface area (Å²) in [5.41, 5.74) is 6.97. The summed E-state index contributed by atoms with van der Waals surface area (Å²) in [6, 6.07) is 18.3. The molecule has 5 heteroatoms. The van der Waals surface area contributed by atoms with Crippen LogP contribution in [-0.4, -0.2) is 18.3 Å². The Kier molecular flexibility index (Phi) is 8.74. The number of para-hydroxylation sites is 3. The fourth-order valence-corrected chi connectivity index (χ4v) is 5.85. The predicted octanol–water partition coefficient (Wildman–Crippen LogP) is 10.1. The molecule has 6 rings (SSSR count). The van der Waals surface area contributed by atoms with Crippen LogP contribution in [0.5, 0.6) is 17.2 Å². The summed E-state index contributed by atoms with van der Waals surface area (Å²) < 4.78 is 42.6. The van der Waals surface area contributed by atoms with Crippen molar-refractivity contribution in [3.8, 4) is 17.2 Å². The maximum absolute atomic E-state index is 13.1. The number of alkyl halides is 2. The second-order valence-electron chi connectivity index (χ2n) is 15.7. The lowest BCUT2D eigenvalue weighted by Crippen LogP contribution is -2.25. The quantitative estimate of drug-likeness (QED) is 0.260. The first-order valence-corrected chi connectivity index (χ1v) is 15.4. The van der Waals surface area contributed by atoms with Crippen molar-refractivity contribution in [1.29, 1.82) is 0 Å². The topological polar surface area (TPSA) is 27.7 Å². The van der Waals surface area contributed by atoms with Crippen molar-refractivity contribution in [2.45, 2.75) is 123 Å². The molecular weight excluding hydrogens is 542 g/mol. The van der Waals surface area contributed by atoms with Crippen LogP contribution in [0.4, 0.5) is 8.78 Å². The highest BCUT2D eigenvalue weighted by Gasteiger charge is 2.42. The summed E-state index contributed by atoms with van der Waals surface area (Å²) in [6.45, 7) is 24.5. The predicted molar refractivity (Wildman–Crippen MR) is 172 cm³/mol. The third kappa shape index (κ3) is 7.72. The molecule has 0 saturated carbocycles. The van der Waals surface area contributed by atoms with E-state index in [1.165, 1.54) is 22.3 Å². The van der Waals surface area contributed by atoms with Gasteiger partial charge < -0.3 is 14.2 Å². The molecule has 3 aromatic carbocycles. The van der Waals surface area contributed by atoms with E-state index < -0.39 is 6.11 Å². The van der Waals surface area contributed by atoms with Gasteiger partial charge in [0.1, 0.15) is 22.8 Å². The molecule has 3 aliphatic rings. The molecule has 0 atom stereocenters. The monoisotopic (exact) mass is 592 g/mol. The second-order valence-corrected chi connectivity index (χ2v) is 15.7. The van der Waals surface area contributed by atoms with Crippen LogP contribution in [-0.2, 0) is 35.5 Å². The number of hydrogen-bond acceptors (Lipinski definition) is 3. The van der Waals surface area contributed by atoms with Crippen LogP contribution in [0.25, 0.3) is 0 Å². The number of ether oxygens (including phenoxy) is 3. The molecule has 0 radical (unpaired) electrons. The Balaban J connectivity index is 0.000000148. The van der Waals surface area contributed by atoms with Crippen LogP contribution >= 0.6 is 0 Å². The lowest BCUT2D eigenvalue weighted by Gasteiger charge is -2.24. The van der Waals surface area contributed by atoms with Gasteiger partial charge in [0.15, 0.2) is 0 Å². The zero-order valence-electron chi connectivity index (χ0n) is 28.0. The smallest absolute Gasteiger partial charge is 0.402 e. The highest BCUT2D eigenvalue weighted by Crippen LogP contribution is 2.44. The van der Waals surface area contributed by atoms with E-state index in [0.717, 1.165) is 36.5 Å². The van der Waals surface area contributed by atoms with Gasteiger partial charge >= 0.3 is 6.11 Å². The van der Waals surface area contributed by atoms with Crippen molar-refractivity contribution in [2.75, 3.05) is 6.61 Å². The van der Waals surface area contributed by atoms with Gasteiger partial charge in [-0.05, 0) is 52.3 Å². The molecule has 43 heavy (non-hydrogen) atoms. The first-order chi connectivity index (χ1) is 19.7. The van der Waals surface area contributed by atoms with Gasteiger partial charge in [0, 0.05) is 24.0 Å². The minimum Gasteiger partial charge on any atom is -0.493 e. The molecule has 0 N–H and O–H groups in total. The Bertz CT molecular complexity index is 1370. The van der Waals surface area contributed by atoms with E-state index in [-0.39, 0.29) is 28.3 Å². The van der Waals surface area contributed by atoms with Gasteiger partial charge in [-0.2, -0.15) is 8.78 Å². The largest absolute Gasteiger partial charge is 0.493 e. The van der Waals surface area contributed by atoms with E-state index in [9.17, 15) is 8.78 Å². The molecule has 3 aromatic rings. The van der Waals surface area contributed by atoms with Gasteiger partial charge in [-0.25, -0.2) is 0 Å². The first-order valence-electron chi connectivity index (χ1n) is 15.4. The van der Waals surface area contributed by atoms with Gasteiger partial charge in [0.25, 0.3) is 0 Å². The molecule has 0 aromatic heterocycles. The van der Waals surface area contributed by atoms with Gasteiger partial charge in [-0.3, -0.25) is 0 Å². The molecule has 0 spiro atoms. The number of rotatable bonds is 0. The van der Waals surface area contributed by atoms with E-state index in [1.807, 2.05) is 32.9 Å². The minimum atomic E-state index is -3.04. The summed E-state index contributed by atoms with van der Waals surface area (Å²) in [5.74, 6) is 2.63. The molecule has 0 unspecified atom stereocenters. The number of halogens is 2. The summed E-state index contributed by atoms with van der Waals surface area (Å²) in [5, 5.41) is 0. The average Bonchev–Trinajstić information content (AvgIpc) is 3.54. The normalized spacial score (nSPS) is 17.5. The van der Waals surface area contributed by atoms with Crippen molar-refractivity contribution in [3.63, 3.8) is 0 Å². The third-order valence-corrected chi connectivity index (χ3v) is 7.97. The van der Waals surface area contributed by atoms with E-state index in [2.05, 4.69) is 91.8 Å². The zero-order valence-corrected chi connectivity index (χ0v) is 28.0. The highest BCUT2D eigenvalue weighted by molar-refractivity contribution is 5.50. The van der Waals surface area contributed by atoms with E-state index in [4.69, 9.17) is 14.2 Å². The van der Waals surface area contributed by atoms with Crippen molar-refractivity contribution in [2.24, 2.45) is 0 Å². The zero-order chi connectivity index (χ0) is 32.0. The van der Waals surface area contributed by atoms with Crippen LogP contribution in [0.15, 0.2) is 54.6 Å². The minimum absolute atomic E-state index is 0.0380.